The van der Waals surface area contributed by atoms with Gasteiger partial charge in [-0.2, -0.15) is 0 Å². The van der Waals surface area contributed by atoms with Gasteiger partial charge in [-0.15, -0.1) is 0 Å². The Kier molecular flexibility index (Phi) is 6.75. The molecule has 1 heteroatoms. The fraction of sp³-hybridized carbons (Fsp3) is 0.400. The van der Waals surface area contributed by atoms with Gasteiger partial charge in [-0.3, -0.25) is 0 Å². The number of likely N-dealkylation sites (N-methyl/N-ethyl adjacent to an activating group) is 1. The average molecular weight is 151 g/mol. The highest BCUT2D eigenvalue weighted by molar-refractivity contribution is 5.16. The molecule has 0 aliphatic heterocycles. The molecule has 0 saturated heterocycles. The first-order valence-corrected chi connectivity index (χ1v) is 3.96. The molecule has 1 nitrogen and oxygen atoms in total. The first-order chi connectivity index (χ1) is 5.27. The topological polar surface area (TPSA) is 12.0 Å². The molecule has 0 amide bonds. The van der Waals surface area contributed by atoms with Crippen molar-refractivity contribution in [2.24, 2.45) is 0 Å². The van der Waals surface area contributed by atoms with Crippen molar-refractivity contribution >= 4 is 0 Å². The summed E-state index contributed by atoms with van der Waals surface area (Å²) in [7, 11) is 0. The van der Waals surface area contributed by atoms with E-state index in [2.05, 4.69) is 24.9 Å². The Balaban J connectivity index is 3.36. The van der Waals surface area contributed by atoms with Crippen LogP contribution in [0.3, 0.4) is 0 Å². The molecule has 0 aliphatic carbocycles. The molecule has 0 aromatic heterocycles. The van der Waals surface area contributed by atoms with Crippen molar-refractivity contribution in [2.45, 2.75) is 13.8 Å². The van der Waals surface area contributed by atoms with Gasteiger partial charge < -0.3 is 5.32 Å². The van der Waals surface area contributed by atoms with Gasteiger partial charge in [-0.05, 0) is 13.5 Å². The minimum atomic E-state index is 0.941. The average Bonchev–Trinajstić information content (AvgIpc) is 1.96. The Labute approximate surface area is 69.5 Å². The first-order valence-electron chi connectivity index (χ1n) is 3.96. The molecule has 0 aromatic carbocycles. The quantitative estimate of drug-likeness (QED) is 0.469. The van der Waals surface area contributed by atoms with Crippen LogP contribution >= 0.6 is 0 Å². The Bertz CT molecular complexity index is 154. The molecule has 11 heavy (non-hydrogen) atoms. The van der Waals surface area contributed by atoms with Crippen molar-refractivity contribution in [1.29, 1.82) is 0 Å². The molecule has 0 heterocycles. The van der Waals surface area contributed by atoms with Crippen molar-refractivity contribution in [3.05, 3.63) is 36.5 Å². The second-order valence-electron chi connectivity index (χ2n) is 2.44. The fourth-order valence-electron chi connectivity index (χ4n) is 0.594. The summed E-state index contributed by atoms with van der Waals surface area (Å²) < 4.78 is 0. The third-order valence-electron chi connectivity index (χ3n) is 1.14. The molecular weight excluding hydrogens is 134 g/mol. The molecular formula is C10H17N. The SMILES string of the molecule is C=C(C)/C=C\C=C/CNCC. The van der Waals surface area contributed by atoms with E-state index in [1.807, 2.05) is 25.2 Å². The number of hydrogen-bond donors (Lipinski definition) is 1. The minimum Gasteiger partial charge on any atom is -0.314 e. The first kappa shape index (κ1) is 10.2. The highest BCUT2D eigenvalue weighted by Gasteiger charge is 1.72. The van der Waals surface area contributed by atoms with Gasteiger partial charge in [0, 0.05) is 6.54 Å². The van der Waals surface area contributed by atoms with Crippen molar-refractivity contribution in [3.63, 3.8) is 0 Å². The van der Waals surface area contributed by atoms with E-state index < -0.39 is 0 Å². The molecule has 0 bridgehead atoms. The predicted molar refractivity (Wildman–Crippen MR) is 51.6 cm³/mol. The van der Waals surface area contributed by atoms with Gasteiger partial charge in [0.15, 0.2) is 0 Å². The van der Waals surface area contributed by atoms with Crippen LogP contribution in [0.5, 0.6) is 0 Å². The smallest absolute Gasteiger partial charge is 0.0137 e. The molecule has 62 valence electrons. The van der Waals surface area contributed by atoms with Crippen LogP contribution in [-0.4, -0.2) is 13.1 Å². The fourth-order valence-corrected chi connectivity index (χ4v) is 0.594. The Morgan fingerprint density at radius 3 is 2.73 bits per heavy atom. The highest BCUT2D eigenvalue weighted by atomic mass is 14.8. The van der Waals surface area contributed by atoms with E-state index in [9.17, 15) is 0 Å². The minimum absolute atomic E-state index is 0.941. The van der Waals surface area contributed by atoms with Crippen LogP contribution in [-0.2, 0) is 0 Å². The lowest BCUT2D eigenvalue weighted by molar-refractivity contribution is 0.799. The van der Waals surface area contributed by atoms with Crippen LogP contribution in [0.2, 0.25) is 0 Å². The number of hydrogen-bond acceptors (Lipinski definition) is 1. The van der Waals surface area contributed by atoms with E-state index in [4.69, 9.17) is 0 Å². The van der Waals surface area contributed by atoms with Crippen LogP contribution in [0, 0.1) is 0 Å². The van der Waals surface area contributed by atoms with E-state index in [-0.39, 0.29) is 0 Å². The van der Waals surface area contributed by atoms with E-state index in [1.165, 1.54) is 0 Å². The summed E-state index contributed by atoms with van der Waals surface area (Å²) in [6.45, 7) is 9.79. The van der Waals surface area contributed by atoms with Gasteiger partial charge in [-0.25, -0.2) is 0 Å². The van der Waals surface area contributed by atoms with Crippen LogP contribution in [0.4, 0.5) is 0 Å². The van der Waals surface area contributed by atoms with Gasteiger partial charge in [0.1, 0.15) is 0 Å². The van der Waals surface area contributed by atoms with Crippen LogP contribution in [0.25, 0.3) is 0 Å². The second-order valence-corrected chi connectivity index (χ2v) is 2.44. The normalized spacial score (nSPS) is 11.5. The zero-order chi connectivity index (χ0) is 8.53. The molecule has 0 rings (SSSR count). The Hall–Kier alpha value is -0.820. The van der Waals surface area contributed by atoms with E-state index >= 15 is 0 Å². The van der Waals surface area contributed by atoms with Crippen LogP contribution in [0.1, 0.15) is 13.8 Å². The van der Waals surface area contributed by atoms with Crippen LogP contribution in [0.15, 0.2) is 36.5 Å². The van der Waals surface area contributed by atoms with Gasteiger partial charge >= 0.3 is 0 Å². The number of rotatable bonds is 5. The Morgan fingerprint density at radius 1 is 1.45 bits per heavy atom. The molecule has 0 unspecified atom stereocenters. The van der Waals surface area contributed by atoms with Crippen molar-refractivity contribution < 1.29 is 0 Å². The molecule has 0 aromatic rings. The molecule has 0 spiro atoms. The Morgan fingerprint density at radius 2 is 2.18 bits per heavy atom. The van der Waals surface area contributed by atoms with E-state index in [1.54, 1.807) is 0 Å². The van der Waals surface area contributed by atoms with Gasteiger partial charge in [0.25, 0.3) is 0 Å². The number of allylic oxidation sites excluding steroid dienone is 4. The maximum Gasteiger partial charge on any atom is 0.0137 e. The summed E-state index contributed by atoms with van der Waals surface area (Å²) in [6, 6.07) is 0. The standard InChI is InChI=1S/C10H17N/c1-4-11-9-7-5-6-8-10(2)3/h5-8,11H,2,4,9H2,1,3H3/b7-5-,8-6-. The van der Waals surface area contributed by atoms with E-state index in [0.29, 0.717) is 0 Å². The van der Waals surface area contributed by atoms with Gasteiger partial charge in [0.05, 0.1) is 0 Å². The van der Waals surface area contributed by atoms with Gasteiger partial charge in [-0.1, -0.05) is 43.4 Å². The molecule has 0 radical (unpaired) electrons. The lowest BCUT2D eigenvalue weighted by Crippen LogP contribution is -2.11. The van der Waals surface area contributed by atoms with Gasteiger partial charge in [0.2, 0.25) is 0 Å². The maximum absolute atomic E-state index is 3.75. The zero-order valence-electron chi connectivity index (χ0n) is 7.43. The second kappa shape index (κ2) is 7.29. The largest absolute Gasteiger partial charge is 0.314 e. The third-order valence-corrected chi connectivity index (χ3v) is 1.14. The highest BCUT2D eigenvalue weighted by Crippen LogP contribution is 1.88. The maximum atomic E-state index is 3.75. The number of nitrogens with one attached hydrogen (secondary N) is 1. The molecule has 0 saturated carbocycles. The monoisotopic (exact) mass is 151 g/mol. The molecule has 0 fully saturated rings. The van der Waals surface area contributed by atoms with Crippen LogP contribution < -0.4 is 5.32 Å². The van der Waals surface area contributed by atoms with Crippen molar-refractivity contribution in [3.8, 4) is 0 Å². The molecule has 1 N–H and O–H groups in total. The lowest BCUT2D eigenvalue weighted by Gasteiger charge is -1.90. The molecule has 0 aliphatic rings. The molecule has 0 atom stereocenters. The lowest BCUT2D eigenvalue weighted by atomic mass is 10.3. The summed E-state index contributed by atoms with van der Waals surface area (Å²) in [5.74, 6) is 0. The third kappa shape index (κ3) is 9.18. The predicted octanol–water partition coefficient (Wildman–Crippen LogP) is 2.28. The summed E-state index contributed by atoms with van der Waals surface area (Å²) in [6.07, 6.45) is 8.10. The summed E-state index contributed by atoms with van der Waals surface area (Å²) in [5.41, 5.74) is 1.08. The summed E-state index contributed by atoms with van der Waals surface area (Å²) in [5, 5.41) is 3.19. The zero-order valence-corrected chi connectivity index (χ0v) is 7.43. The van der Waals surface area contributed by atoms with Crippen molar-refractivity contribution in [2.75, 3.05) is 13.1 Å². The summed E-state index contributed by atoms with van der Waals surface area (Å²) in [4.78, 5) is 0. The van der Waals surface area contributed by atoms with Crippen molar-refractivity contribution in [1.82, 2.24) is 5.32 Å². The summed E-state index contributed by atoms with van der Waals surface area (Å²) >= 11 is 0. The van der Waals surface area contributed by atoms with E-state index in [0.717, 1.165) is 18.7 Å².